The van der Waals surface area contributed by atoms with Gasteiger partial charge in [0, 0.05) is 0 Å². The van der Waals surface area contributed by atoms with Crippen LogP contribution in [0, 0.1) is 13.8 Å². The first-order valence-corrected chi connectivity index (χ1v) is 7.16. The second-order valence-electron chi connectivity index (χ2n) is 5.07. The van der Waals surface area contributed by atoms with E-state index in [0.717, 1.165) is 22.4 Å². The first kappa shape index (κ1) is 15.1. The van der Waals surface area contributed by atoms with Gasteiger partial charge in [-0.3, -0.25) is 4.79 Å². The second kappa shape index (κ2) is 7.48. The number of hydrogen-bond acceptors (Lipinski definition) is 2. The largest absolute Gasteiger partial charge is 0.491 e. The summed E-state index contributed by atoms with van der Waals surface area (Å²) < 4.78 is 5.65. The van der Waals surface area contributed by atoms with E-state index in [2.05, 4.69) is 5.32 Å². The maximum Gasteiger partial charge on any atom is 0.224 e. The fourth-order valence-corrected chi connectivity index (χ4v) is 2.11. The minimum absolute atomic E-state index is 0.0256. The highest BCUT2D eigenvalue weighted by atomic mass is 16.5. The smallest absolute Gasteiger partial charge is 0.224 e. The Morgan fingerprint density at radius 3 is 2.38 bits per heavy atom. The number of benzene rings is 2. The molecule has 0 aromatic heterocycles. The zero-order valence-electron chi connectivity index (χ0n) is 12.6. The Kier molecular flexibility index (Phi) is 5.38. The molecule has 0 spiro atoms. The second-order valence-corrected chi connectivity index (χ2v) is 5.07. The van der Waals surface area contributed by atoms with E-state index in [1.54, 1.807) is 0 Å². The van der Waals surface area contributed by atoms with Crippen molar-refractivity contribution in [2.45, 2.75) is 20.3 Å². The van der Waals surface area contributed by atoms with Gasteiger partial charge in [0.15, 0.2) is 0 Å². The van der Waals surface area contributed by atoms with Crippen molar-refractivity contribution in [3.8, 4) is 5.75 Å². The average molecular weight is 283 g/mol. The van der Waals surface area contributed by atoms with E-state index < -0.39 is 0 Å². The summed E-state index contributed by atoms with van der Waals surface area (Å²) in [6.45, 7) is 5.01. The van der Waals surface area contributed by atoms with Gasteiger partial charge in [0.25, 0.3) is 0 Å². The van der Waals surface area contributed by atoms with Crippen LogP contribution in [0.15, 0.2) is 48.5 Å². The molecule has 0 atom stereocenters. The number of ether oxygens (including phenoxy) is 1. The van der Waals surface area contributed by atoms with Gasteiger partial charge in [0.2, 0.25) is 5.91 Å². The number of carbonyl (C=O) groups excluding carboxylic acids is 1. The van der Waals surface area contributed by atoms with Crippen LogP contribution in [0.4, 0.5) is 0 Å². The fraction of sp³-hybridized carbons (Fsp3) is 0.278. The minimum Gasteiger partial charge on any atom is -0.491 e. The standard InChI is InChI=1S/C18H21NO2/c1-14-7-3-5-9-16(14)13-18(20)19-11-12-21-17-10-6-4-8-15(17)2/h3-10H,11-13H2,1-2H3,(H,19,20). The van der Waals surface area contributed by atoms with Gasteiger partial charge in [-0.1, -0.05) is 42.5 Å². The van der Waals surface area contributed by atoms with E-state index in [-0.39, 0.29) is 5.91 Å². The van der Waals surface area contributed by atoms with Gasteiger partial charge in [0.05, 0.1) is 13.0 Å². The quantitative estimate of drug-likeness (QED) is 0.828. The molecule has 0 unspecified atom stereocenters. The van der Waals surface area contributed by atoms with Crippen molar-refractivity contribution < 1.29 is 9.53 Å². The SMILES string of the molecule is Cc1ccccc1CC(=O)NCCOc1ccccc1C. The predicted molar refractivity (Wildman–Crippen MR) is 84.6 cm³/mol. The number of hydrogen-bond donors (Lipinski definition) is 1. The highest BCUT2D eigenvalue weighted by Gasteiger charge is 2.05. The summed E-state index contributed by atoms with van der Waals surface area (Å²) in [5, 5.41) is 2.88. The molecule has 0 aliphatic carbocycles. The summed E-state index contributed by atoms with van der Waals surface area (Å²) in [5.74, 6) is 0.892. The van der Waals surface area contributed by atoms with Crippen LogP contribution in [0.2, 0.25) is 0 Å². The average Bonchev–Trinajstić information content (AvgIpc) is 2.48. The Balaban J connectivity index is 1.73. The number of rotatable bonds is 6. The van der Waals surface area contributed by atoms with Gasteiger partial charge < -0.3 is 10.1 Å². The van der Waals surface area contributed by atoms with Crippen LogP contribution in [0.5, 0.6) is 5.75 Å². The molecule has 0 saturated carbocycles. The molecule has 0 radical (unpaired) electrons. The highest BCUT2D eigenvalue weighted by molar-refractivity contribution is 5.78. The molecule has 1 N–H and O–H groups in total. The molecular formula is C18H21NO2. The van der Waals surface area contributed by atoms with Gasteiger partial charge >= 0.3 is 0 Å². The van der Waals surface area contributed by atoms with E-state index in [9.17, 15) is 4.79 Å². The molecule has 0 fully saturated rings. The lowest BCUT2D eigenvalue weighted by Gasteiger charge is -2.10. The third-order valence-electron chi connectivity index (χ3n) is 3.39. The van der Waals surface area contributed by atoms with Crippen LogP contribution in [0.25, 0.3) is 0 Å². The lowest BCUT2D eigenvalue weighted by molar-refractivity contribution is -0.120. The van der Waals surface area contributed by atoms with Gasteiger partial charge in [-0.05, 0) is 36.6 Å². The van der Waals surface area contributed by atoms with Crippen molar-refractivity contribution >= 4 is 5.91 Å². The van der Waals surface area contributed by atoms with E-state index in [0.29, 0.717) is 19.6 Å². The fourth-order valence-electron chi connectivity index (χ4n) is 2.11. The van der Waals surface area contributed by atoms with Crippen molar-refractivity contribution in [1.29, 1.82) is 0 Å². The van der Waals surface area contributed by atoms with Gasteiger partial charge in [0.1, 0.15) is 12.4 Å². The van der Waals surface area contributed by atoms with Crippen molar-refractivity contribution in [3.05, 3.63) is 65.2 Å². The first-order valence-electron chi connectivity index (χ1n) is 7.16. The Bertz CT molecular complexity index is 608. The first-order chi connectivity index (χ1) is 10.2. The molecule has 0 saturated heterocycles. The molecule has 2 aromatic carbocycles. The summed E-state index contributed by atoms with van der Waals surface area (Å²) in [4.78, 5) is 11.9. The molecule has 1 amide bonds. The van der Waals surface area contributed by atoms with Crippen molar-refractivity contribution in [3.63, 3.8) is 0 Å². The van der Waals surface area contributed by atoms with E-state index in [1.165, 1.54) is 0 Å². The van der Waals surface area contributed by atoms with Gasteiger partial charge in [-0.2, -0.15) is 0 Å². The molecule has 110 valence electrons. The van der Waals surface area contributed by atoms with E-state index in [1.807, 2.05) is 62.4 Å². The third kappa shape index (κ3) is 4.63. The molecule has 0 bridgehead atoms. The number of carbonyl (C=O) groups is 1. The lowest BCUT2D eigenvalue weighted by Crippen LogP contribution is -2.29. The Hall–Kier alpha value is -2.29. The van der Waals surface area contributed by atoms with Crippen LogP contribution in [-0.2, 0) is 11.2 Å². The highest BCUT2D eigenvalue weighted by Crippen LogP contribution is 2.15. The topological polar surface area (TPSA) is 38.3 Å². The monoisotopic (exact) mass is 283 g/mol. The number of nitrogens with one attached hydrogen (secondary N) is 1. The minimum atomic E-state index is 0.0256. The molecule has 3 heteroatoms. The molecule has 21 heavy (non-hydrogen) atoms. The Morgan fingerprint density at radius 2 is 1.67 bits per heavy atom. The molecule has 2 aromatic rings. The zero-order valence-corrected chi connectivity index (χ0v) is 12.6. The zero-order chi connectivity index (χ0) is 15.1. The molecule has 0 aliphatic heterocycles. The Morgan fingerprint density at radius 1 is 1.00 bits per heavy atom. The molecule has 0 heterocycles. The maximum absolute atomic E-state index is 11.9. The number of amides is 1. The van der Waals surface area contributed by atoms with Crippen LogP contribution in [-0.4, -0.2) is 19.1 Å². The van der Waals surface area contributed by atoms with Crippen LogP contribution >= 0.6 is 0 Å². The molecule has 2 rings (SSSR count). The number of para-hydroxylation sites is 1. The van der Waals surface area contributed by atoms with Crippen molar-refractivity contribution in [2.24, 2.45) is 0 Å². The third-order valence-corrected chi connectivity index (χ3v) is 3.39. The predicted octanol–water partition coefficient (Wildman–Crippen LogP) is 3.04. The van der Waals surface area contributed by atoms with Crippen LogP contribution in [0.1, 0.15) is 16.7 Å². The van der Waals surface area contributed by atoms with Gasteiger partial charge in [-0.15, -0.1) is 0 Å². The Labute approximate surface area is 126 Å². The number of aryl methyl sites for hydroxylation is 2. The van der Waals surface area contributed by atoms with Gasteiger partial charge in [-0.25, -0.2) is 0 Å². The normalized spacial score (nSPS) is 10.2. The van der Waals surface area contributed by atoms with Crippen LogP contribution < -0.4 is 10.1 Å². The summed E-state index contributed by atoms with van der Waals surface area (Å²) in [6, 6.07) is 15.8. The van der Waals surface area contributed by atoms with Crippen molar-refractivity contribution in [1.82, 2.24) is 5.32 Å². The summed E-state index contributed by atoms with van der Waals surface area (Å²) in [6.07, 6.45) is 0.414. The maximum atomic E-state index is 11.9. The molecule has 0 aliphatic rings. The van der Waals surface area contributed by atoms with E-state index >= 15 is 0 Å². The summed E-state index contributed by atoms with van der Waals surface area (Å²) in [5.41, 5.74) is 3.31. The lowest BCUT2D eigenvalue weighted by atomic mass is 10.1. The summed E-state index contributed by atoms with van der Waals surface area (Å²) in [7, 11) is 0. The van der Waals surface area contributed by atoms with Crippen molar-refractivity contribution in [2.75, 3.05) is 13.2 Å². The van der Waals surface area contributed by atoms with Crippen LogP contribution in [0.3, 0.4) is 0 Å². The summed E-state index contributed by atoms with van der Waals surface area (Å²) >= 11 is 0. The molecule has 3 nitrogen and oxygen atoms in total. The van der Waals surface area contributed by atoms with E-state index in [4.69, 9.17) is 4.74 Å². The molecular weight excluding hydrogens is 262 g/mol.